The maximum absolute atomic E-state index is 11.6. The van der Waals surface area contributed by atoms with Crippen LogP contribution in [0, 0.1) is 0 Å². The highest BCUT2D eigenvalue weighted by atomic mass is 35.5. The average molecular weight is 331 g/mol. The lowest BCUT2D eigenvalue weighted by Gasteiger charge is -2.17. The van der Waals surface area contributed by atoms with E-state index in [1.807, 2.05) is 18.7 Å². The van der Waals surface area contributed by atoms with Gasteiger partial charge in [0.1, 0.15) is 11.3 Å². The van der Waals surface area contributed by atoms with Crippen molar-refractivity contribution in [2.45, 2.75) is 45.0 Å². The molecular formula is C14H23ClN4OS. The molecular weight excluding hydrogens is 308 g/mol. The van der Waals surface area contributed by atoms with E-state index in [2.05, 4.69) is 23.5 Å². The monoisotopic (exact) mass is 330 g/mol. The van der Waals surface area contributed by atoms with Gasteiger partial charge in [0.05, 0.1) is 11.1 Å². The minimum atomic E-state index is -0.869. The van der Waals surface area contributed by atoms with Gasteiger partial charge in [0, 0.05) is 35.9 Å². The molecule has 5 nitrogen and oxygen atoms in total. The van der Waals surface area contributed by atoms with Crippen LogP contribution in [0.3, 0.4) is 0 Å². The number of hydrogen-bond donors (Lipinski definition) is 0. The number of hydrogen-bond acceptors (Lipinski definition) is 3. The summed E-state index contributed by atoms with van der Waals surface area (Å²) in [5, 5.41) is 4.38. The molecule has 0 aliphatic carbocycles. The van der Waals surface area contributed by atoms with Crippen LogP contribution in [0.15, 0.2) is 0 Å². The molecule has 7 heteroatoms. The molecule has 0 spiro atoms. The standard InChI is InChI=1S/C14H23ClN4OS/c1-6-7-11-12-14(18(4)17-11)19(9(2)8-21(5)20)13(16-12)10(3)15/h9-10H,6-8H2,1-5H3. The second-order valence-corrected chi connectivity index (χ2v) is 7.67. The predicted molar refractivity (Wildman–Crippen MR) is 88.4 cm³/mol. The summed E-state index contributed by atoms with van der Waals surface area (Å²) in [6, 6.07) is 0.0712. The summed E-state index contributed by atoms with van der Waals surface area (Å²) in [4.78, 5) is 4.73. The van der Waals surface area contributed by atoms with E-state index in [0.717, 1.165) is 35.5 Å². The number of imidazole rings is 1. The Labute approximate surface area is 133 Å². The van der Waals surface area contributed by atoms with Gasteiger partial charge in [0.25, 0.3) is 0 Å². The van der Waals surface area contributed by atoms with Gasteiger partial charge in [-0.15, -0.1) is 11.6 Å². The summed E-state index contributed by atoms with van der Waals surface area (Å²) in [6.45, 7) is 6.10. The van der Waals surface area contributed by atoms with Crippen molar-refractivity contribution in [1.29, 1.82) is 0 Å². The minimum Gasteiger partial charge on any atom is -0.308 e. The maximum Gasteiger partial charge on any atom is 0.159 e. The Morgan fingerprint density at radius 1 is 1.38 bits per heavy atom. The number of aryl methyl sites for hydroxylation is 2. The van der Waals surface area contributed by atoms with Crippen molar-refractivity contribution in [3.05, 3.63) is 11.5 Å². The van der Waals surface area contributed by atoms with E-state index in [1.165, 1.54) is 0 Å². The highest BCUT2D eigenvalue weighted by molar-refractivity contribution is 7.84. The van der Waals surface area contributed by atoms with E-state index >= 15 is 0 Å². The van der Waals surface area contributed by atoms with E-state index in [9.17, 15) is 4.21 Å². The topological polar surface area (TPSA) is 52.7 Å². The van der Waals surface area contributed by atoms with Gasteiger partial charge in [-0.05, 0) is 20.3 Å². The molecule has 3 atom stereocenters. The average Bonchev–Trinajstić information content (AvgIpc) is 2.88. The van der Waals surface area contributed by atoms with Gasteiger partial charge in [0.15, 0.2) is 5.65 Å². The first kappa shape index (κ1) is 16.5. The van der Waals surface area contributed by atoms with Gasteiger partial charge in [-0.2, -0.15) is 5.10 Å². The van der Waals surface area contributed by atoms with Crippen molar-refractivity contribution in [1.82, 2.24) is 19.3 Å². The van der Waals surface area contributed by atoms with E-state index in [4.69, 9.17) is 16.6 Å². The number of alkyl halides is 1. The van der Waals surface area contributed by atoms with E-state index in [0.29, 0.717) is 5.75 Å². The van der Waals surface area contributed by atoms with E-state index in [1.54, 1.807) is 6.26 Å². The third kappa shape index (κ3) is 3.16. The first-order valence-electron chi connectivity index (χ1n) is 7.24. The molecule has 3 unspecified atom stereocenters. The molecule has 118 valence electrons. The summed E-state index contributed by atoms with van der Waals surface area (Å²) in [5.41, 5.74) is 2.91. The number of rotatable bonds is 6. The lowest BCUT2D eigenvalue weighted by molar-refractivity contribution is 0.565. The van der Waals surface area contributed by atoms with Crippen molar-refractivity contribution >= 4 is 33.6 Å². The van der Waals surface area contributed by atoms with Gasteiger partial charge in [-0.25, -0.2) is 4.98 Å². The lowest BCUT2D eigenvalue weighted by Crippen LogP contribution is -2.17. The zero-order chi connectivity index (χ0) is 15.7. The molecule has 0 saturated carbocycles. The molecule has 0 aliphatic rings. The number of fused-ring (bicyclic) bond motifs is 1. The molecule has 0 fully saturated rings. The molecule has 0 bridgehead atoms. The summed E-state index contributed by atoms with van der Waals surface area (Å²) >= 11 is 6.31. The normalized spacial score (nSPS) is 16.3. The molecule has 0 aliphatic heterocycles. The van der Waals surface area contributed by atoms with Gasteiger partial charge in [0.2, 0.25) is 0 Å². The highest BCUT2D eigenvalue weighted by Crippen LogP contribution is 2.30. The van der Waals surface area contributed by atoms with Crippen molar-refractivity contribution in [2.24, 2.45) is 7.05 Å². The molecule has 2 aromatic rings. The van der Waals surface area contributed by atoms with Crippen LogP contribution < -0.4 is 0 Å². The first-order valence-corrected chi connectivity index (χ1v) is 9.40. The number of aromatic nitrogens is 4. The highest BCUT2D eigenvalue weighted by Gasteiger charge is 2.24. The molecule has 21 heavy (non-hydrogen) atoms. The molecule has 0 N–H and O–H groups in total. The number of nitrogens with zero attached hydrogens (tertiary/aromatic N) is 4. The molecule has 0 aromatic carbocycles. The van der Waals surface area contributed by atoms with Crippen LogP contribution in [-0.2, 0) is 24.3 Å². The smallest absolute Gasteiger partial charge is 0.159 e. The van der Waals surface area contributed by atoms with Crippen LogP contribution in [0.5, 0.6) is 0 Å². The Balaban J connectivity index is 2.64. The van der Waals surface area contributed by atoms with Crippen molar-refractivity contribution in [3.8, 4) is 0 Å². The summed E-state index contributed by atoms with van der Waals surface area (Å²) < 4.78 is 15.5. The molecule has 2 aromatic heterocycles. The fraction of sp³-hybridized carbons (Fsp3) is 0.714. The van der Waals surface area contributed by atoms with Gasteiger partial charge in [-0.1, -0.05) is 13.3 Å². The largest absolute Gasteiger partial charge is 0.308 e. The third-order valence-corrected chi connectivity index (χ3v) is 4.67. The van der Waals surface area contributed by atoms with Gasteiger partial charge < -0.3 is 4.57 Å². The Morgan fingerprint density at radius 2 is 2.05 bits per heavy atom. The second-order valence-electron chi connectivity index (χ2n) is 5.54. The molecule has 2 heterocycles. The minimum absolute atomic E-state index is 0.0712. The summed E-state index contributed by atoms with van der Waals surface area (Å²) in [7, 11) is 1.06. The quantitative estimate of drug-likeness (QED) is 0.765. The summed E-state index contributed by atoms with van der Waals surface area (Å²) in [5.74, 6) is 1.41. The van der Waals surface area contributed by atoms with Crippen LogP contribution in [0.1, 0.15) is 50.1 Å². The maximum atomic E-state index is 11.6. The van der Waals surface area contributed by atoms with Crippen LogP contribution in [0.25, 0.3) is 11.2 Å². The second kappa shape index (κ2) is 6.48. The molecule has 0 radical (unpaired) electrons. The van der Waals surface area contributed by atoms with Crippen LogP contribution in [0.2, 0.25) is 0 Å². The Hall–Kier alpha value is -0.880. The third-order valence-electron chi connectivity index (χ3n) is 3.52. The molecule has 0 saturated heterocycles. The Morgan fingerprint density at radius 3 is 2.57 bits per heavy atom. The zero-order valence-electron chi connectivity index (χ0n) is 13.3. The van der Waals surface area contributed by atoms with E-state index < -0.39 is 10.8 Å². The lowest BCUT2D eigenvalue weighted by atomic mass is 10.2. The fourth-order valence-corrected chi connectivity index (χ4v) is 3.74. The van der Waals surface area contributed by atoms with Crippen molar-refractivity contribution in [2.75, 3.05) is 12.0 Å². The van der Waals surface area contributed by atoms with Gasteiger partial charge >= 0.3 is 0 Å². The molecule has 0 amide bonds. The van der Waals surface area contributed by atoms with Gasteiger partial charge in [-0.3, -0.25) is 8.89 Å². The van der Waals surface area contributed by atoms with Crippen LogP contribution in [-0.4, -0.2) is 35.5 Å². The Kier molecular flexibility index (Phi) is 5.09. The van der Waals surface area contributed by atoms with E-state index in [-0.39, 0.29) is 11.4 Å². The van der Waals surface area contributed by atoms with Crippen LogP contribution in [0.4, 0.5) is 0 Å². The first-order chi connectivity index (χ1) is 9.86. The Bertz CT molecular complexity index is 662. The zero-order valence-corrected chi connectivity index (χ0v) is 14.8. The summed E-state index contributed by atoms with van der Waals surface area (Å²) in [6.07, 6.45) is 3.65. The van der Waals surface area contributed by atoms with Crippen molar-refractivity contribution < 1.29 is 4.21 Å². The number of halogens is 1. The fourth-order valence-electron chi connectivity index (χ4n) is 2.75. The predicted octanol–water partition coefficient (Wildman–Crippen LogP) is 2.96. The molecule has 2 rings (SSSR count). The van der Waals surface area contributed by atoms with Crippen LogP contribution >= 0.6 is 11.6 Å². The van der Waals surface area contributed by atoms with Crippen molar-refractivity contribution in [3.63, 3.8) is 0 Å². The SMILES string of the molecule is CCCc1nn(C)c2c1nc(C(C)Cl)n2C(C)CS(C)=O.